The van der Waals surface area contributed by atoms with Crippen LogP contribution in [0.15, 0.2) is 23.4 Å². The fraction of sp³-hybridized carbons (Fsp3) is 0.294. The number of aryl methyl sites for hydroxylation is 1. The van der Waals surface area contributed by atoms with Crippen LogP contribution >= 0.6 is 11.3 Å². The van der Waals surface area contributed by atoms with Crippen molar-refractivity contribution in [3.05, 3.63) is 45.8 Å². The number of nitriles is 1. The number of oxime groups is 1. The van der Waals surface area contributed by atoms with Gasteiger partial charge in [-0.05, 0) is 38.3 Å². The molecule has 1 atom stereocenters. The van der Waals surface area contributed by atoms with Crippen molar-refractivity contribution in [1.82, 2.24) is 4.98 Å². The summed E-state index contributed by atoms with van der Waals surface area (Å²) in [4.78, 5) is 22.2. The summed E-state index contributed by atoms with van der Waals surface area (Å²) in [7, 11) is 0. The molecule has 0 aliphatic heterocycles. The summed E-state index contributed by atoms with van der Waals surface area (Å²) in [6.07, 6.45) is 2.01. The zero-order valence-corrected chi connectivity index (χ0v) is 14.8. The topological polar surface area (TPSA) is 127 Å². The first kappa shape index (κ1) is 17.8. The number of aromatic nitrogens is 1. The van der Waals surface area contributed by atoms with Crippen LogP contribution in [0.4, 0.5) is 9.39 Å². The molecule has 1 aliphatic rings. The molecule has 2 aromatic heterocycles. The van der Waals surface area contributed by atoms with Crippen LogP contribution in [0, 0.1) is 17.3 Å². The number of carbonyl (C=O) groups is 1. The molecule has 0 radical (unpaired) electrons. The van der Waals surface area contributed by atoms with Gasteiger partial charge in [0.2, 0.25) is 5.95 Å². The minimum Gasteiger partial charge on any atom is -0.389 e. The van der Waals surface area contributed by atoms with Gasteiger partial charge in [-0.2, -0.15) is 9.65 Å². The van der Waals surface area contributed by atoms with Crippen LogP contribution in [0.2, 0.25) is 0 Å². The van der Waals surface area contributed by atoms with Crippen molar-refractivity contribution < 1.29 is 14.0 Å². The second-order valence-corrected chi connectivity index (χ2v) is 7.27. The Hall–Kier alpha value is -2.99. The van der Waals surface area contributed by atoms with E-state index in [9.17, 15) is 14.4 Å². The average Bonchev–Trinajstić information content (AvgIpc) is 2.96. The van der Waals surface area contributed by atoms with Crippen molar-refractivity contribution in [3.63, 3.8) is 0 Å². The number of amidine groups is 1. The number of pyridine rings is 1. The minimum atomic E-state index is -1.05. The van der Waals surface area contributed by atoms with Crippen molar-refractivity contribution in [2.45, 2.75) is 31.6 Å². The molecule has 9 heteroatoms. The van der Waals surface area contributed by atoms with Crippen LogP contribution in [0.1, 0.15) is 41.5 Å². The molecular formula is C17H16FN5O2S. The van der Waals surface area contributed by atoms with Crippen molar-refractivity contribution in [3.8, 4) is 6.07 Å². The first-order valence-corrected chi connectivity index (χ1v) is 8.68. The third kappa shape index (κ3) is 2.99. The van der Waals surface area contributed by atoms with Crippen molar-refractivity contribution in [2.75, 3.05) is 5.73 Å². The van der Waals surface area contributed by atoms with Crippen LogP contribution in [-0.2, 0) is 21.5 Å². The highest BCUT2D eigenvalue weighted by Gasteiger charge is 2.44. The van der Waals surface area contributed by atoms with Gasteiger partial charge >= 0.3 is 5.97 Å². The molecule has 26 heavy (non-hydrogen) atoms. The monoisotopic (exact) mass is 373 g/mol. The molecule has 0 bridgehead atoms. The van der Waals surface area contributed by atoms with Gasteiger partial charge < -0.3 is 16.3 Å². The van der Waals surface area contributed by atoms with Crippen molar-refractivity contribution in [2.24, 2.45) is 10.9 Å². The second-order valence-electron chi connectivity index (χ2n) is 6.14. The molecule has 0 spiro atoms. The average molecular weight is 373 g/mol. The maximum atomic E-state index is 13.2. The predicted molar refractivity (Wildman–Crippen MR) is 94.7 cm³/mol. The standard InChI is InChI=1S/C17H16FN5O2S/c1-17(7-3-5-11-13(17)9(8-19)15(21)26-11)16(24)25-23-14(20)10-4-2-6-12(18)22-10/h2,4,6H,3,5,7,21H2,1H3,(H2,20,23)/t17-/m0/s1. The molecule has 2 aromatic rings. The molecule has 1 aliphatic carbocycles. The van der Waals surface area contributed by atoms with Gasteiger partial charge in [-0.3, -0.25) is 0 Å². The number of nitrogen functional groups attached to an aromatic ring is 1. The summed E-state index contributed by atoms with van der Waals surface area (Å²) in [5, 5.41) is 13.4. The number of anilines is 1. The lowest BCUT2D eigenvalue weighted by Crippen LogP contribution is -2.37. The summed E-state index contributed by atoms with van der Waals surface area (Å²) in [5.74, 6) is -1.59. The lowest BCUT2D eigenvalue weighted by atomic mass is 9.72. The van der Waals surface area contributed by atoms with Gasteiger partial charge in [-0.1, -0.05) is 11.2 Å². The number of thiophene rings is 1. The van der Waals surface area contributed by atoms with E-state index in [-0.39, 0.29) is 11.5 Å². The predicted octanol–water partition coefficient (Wildman–Crippen LogP) is 2.19. The number of hydrogen-bond donors (Lipinski definition) is 2. The molecule has 0 fully saturated rings. The molecule has 4 N–H and O–H groups in total. The van der Waals surface area contributed by atoms with E-state index in [1.807, 2.05) is 0 Å². The quantitative estimate of drug-likeness (QED) is 0.279. The lowest BCUT2D eigenvalue weighted by Gasteiger charge is -2.30. The van der Waals surface area contributed by atoms with Crippen molar-refractivity contribution >= 4 is 28.1 Å². The summed E-state index contributed by atoms with van der Waals surface area (Å²) in [6.45, 7) is 1.70. The molecule has 0 unspecified atom stereocenters. The smallest absolute Gasteiger partial charge is 0.345 e. The molecule has 3 rings (SSSR count). The summed E-state index contributed by atoms with van der Waals surface area (Å²) >= 11 is 1.32. The lowest BCUT2D eigenvalue weighted by molar-refractivity contribution is -0.150. The number of hydrogen-bond acceptors (Lipinski definition) is 7. The molecule has 0 saturated carbocycles. The zero-order chi connectivity index (χ0) is 18.9. The Morgan fingerprint density at radius 3 is 3.00 bits per heavy atom. The second kappa shape index (κ2) is 6.72. The number of carbonyl (C=O) groups excluding carboxylic acids is 1. The van der Waals surface area contributed by atoms with E-state index in [2.05, 4.69) is 16.2 Å². The van der Waals surface area contributed by atoms with Gasteiger partial charge in [0.1, 0.15) is 16.8 Å². The molecule has 0 aromatic carbocycles. The van der Waals surface area contributed by atoms with E-state index >= 15 is 0 Å². The first-order valence-electron chi connectivity index (χ1n) is 7.86. The van der Waals surface area contributed by atoms with E-state index in [4.69, 9.17) is 16.3 Å². The Labute approximate surface area is 153 Å². The highest BCUT2D eigenvalue weighted by molar-refractivity contribution is 7.16. The normalized spacial score (nSPS) is 19.5. The number of nitrogens with two attached hydrogens (primary N) is 2. The summed E-state index contributed by atoms with van der Waals surface area (Å²) in [6, 6.07) is 6.11. The molecule has 0 amide bonds. The first-order chi connectivity index (χ1) is 12.4. The van der Waals surface area contributed by atoms with E-state index in [0.29, 0.717) is 22.5 Å². The van der Waals surface area contributed by atoms with E-state index in [1.54, 1.807) is 6.92 Å². The van der Waals surface area contributed by atoms with Crippen LogP contribution in [0.3, 0.4) is 0 Å². The van der Waals surface area contributed by atoms with E-state index in [0.717, 1.165) is 23.8 Å². The summed E-state index contributed by atoms with van der Waals surface area (Å²) in [5.41, 5.74) is 11.6. The van der Waals surface area contributed by atoms with Gasteiger partial charge in [0, 0.05) is 10.4 Å². The van der Waals surface area contributed by atoms with Gasteiger partial charge in [-0.25, -0.2) is 9.78 Å². The number of halogens is 1. The summed E-state index contributed by atoms with van der Waals surface area (Å²) < 4.78 is 13.2. The van der Waals surface area contributed by atoms with Gasteiger partial charge in [0.05, 0.1) is 11.0 Å². The molecule has 0 saturated heterocycles. The maximum absolute atomic E-state index is 13.2. The van der Waals surface area contributed by atoms with Crippen molar-refractivity contribution in [1.29, 1.82) is 5.26 Å². The van der Waals surface area contributed by atoms with Crippen LogP contribution in [0.25, 0.3) is 0 Å². The van der Waals surface area contributed by atoms with Crippen LogP contribution < -0.4 is 11.5 Å². The Morgan fingerprint density at radius 2 is 2.31 bits per heavy atom. The largest absolute Gasteiger partial charge is 0.389 e. The number of fused-ring (bicyclic) bond motifs is 1. The molecule has 134 valence electrons. The highest BCUT2D eigenvalue weighted by atomic mass is 32.1. The fourth-order valence-electron chi connectivity index (χ4n) is 3.09. The number of nitrogens with zero attached hydrogens (tertiary/aromatic N) is 3. The molecular weight excluding hydrogens is 357 g/mol. The van der Waals surface area contributed by atoms with Gasteiger partial charge in [0.25, 0.3) is 0 Å². The molecule has 2 heterocycles. The third-order valence-electron chi connectivity index (χ3n) is 4.41. The van der Waals surface area contributed by atoms with Crippen LogP contribution in [0.5, 0.6) is 0 Å². The molecule has 7 nitrogen and oxygen atoms in total. The maximum Gasteiger partial charge on any atom is 0.345 e. The Balaban J connectivity index is 1.89. The van der Waals surface area contributed by atoms with E-state index < -0.39 is 17.3 Å². The van der Waals surface area contributed by atoms with Crippen LogP contribution in [-0.4, -0.2) is 16.8 Å². The SMILES string of the molecule is C[C@]1(C(=O)O/N=C(\N)c2cccc(F)n2)CCCc2sc(N)c(C#N)c21. The Kier molecular flexibility index (Phi) is 4.61. The van der Waals surface area contributed by atoms with Gasteiger partial charge in [0.15, 0.2) is 5.84 Å². The fourth-order valence-corrected chi connectivity index (χ4v) is 4.28. The highest BCUT2D eigenvalue weighted by Crippen LogP contribution is 2.46. The third-order valence-corrected chi connectivity index (χ3v) is 5.49. The van der Waals surface area contributed by atoms with E-state index in [1.165, 1.54) is 23.5 Å². The Morgan fingerprint density at radius 1 is 1.54 bits per heavy atom. The number of rotatable bonds is 3. The Bertz CT molecular complexity index is 949. The van der Waals surface area contributed by atoms with Gasteiger partial charge in [-0.15, -0.1) is 11.3 Å². The zero-order valence-electron chi connectivity index (χ0n) is 14.0. The minimum absolute atomic E-state index is 0.0600.